The van der Waals surface area contributed by atoms with E-state index in [0.29, 0.717) is 12.3 Å². The summed E-state index contributed by atoms with van der Waals surface area (Å²) in [7, 11) is 1.74. The molecule has 3 rings (SSSR count). The lowest BCUT2D eigenvalue weighted by Crippen LogP contribution is -2.37. The molecule has 3 aromatic rings. The summed E-state index contributed by atoms with van der Waals surface area (Å²) >= 11 is 0. The fourth-order valence-electron chi connectivity index (χ4n) is 2.96. The Balaban J connectivity index is 1.48. The number of aromatic amines is 1. The maximum atomic E-state index is 10.8. The van der Waals surface area contributed by atoms with Crippen molar-refractivity contribution in [2.75, 3.05) is 20.2 Å². The van der Waals surface area contributed by atoms with Gasteiger partial charge in [0.2, 0.25) is 0 Å². The summed E-state index contributed by atoms with van der Waals surface area (Å²) in [6.45, 7) is 1.22. The van der Waals surface area contributed by atoms with Crippen LogP contribution >= 0.6 is 0 Å². The average Bonchev–Trinajstić information content (AvgIpc) is 3.12. The molecule has 0 bridgehead atoms. The minimum atomic E-state index is -0.497. The number of guanidine groups is 1. The highest BCUT2D eigenvalue weighted by atomic mass is 16.5. The molecule has 7 heteroatoms. The number of benzene rings is 2. The summed E-state index contributed by atoms with van der Waals surface area (Å²) in [5.41, 5.74) is 8.55. The standard InChI is InChI=1S/C21H25N5O2/c1-23-21(24-10-9-16-13-25-19-8-3-2-7-18(16)19)26-12-15-5-4-6-17(11-15)28-14-20(22)27/h2-8,11,13,25H,9-10,12,14H2,1H3,(H2,22,27)(H2,23,24,26). The van der Waals surface area contributed by atoms with E-state index >= 15 is 0 Å². The van der Waals surface area contributed by atoms with Gasteiger partial charge in [0.05, 0.1) is 0 Å². The Labute approximate surface area is 164 Å². The van der Waals surface area contributed by atoms with Crippen LogP contribution in [0.1, 0.15) is 11.1 Å². The van der Waals surface area contributed by atoms with Gasteiger partial charge >= 0.3 is 0 Å². The van der Waals surface area contributed by atoms with E-state index in [1.165, 1.54) is 10.9 Å². The van der Waals surface area contributed by atoms with Gasteiger partial charge in [-0.15, -0.1) is 0 Å². The fraction of sp³-hybridized carbons (Fsp3) is 0.238. The van der Waals surface area contributed by atoms with Crippen molar-refractivity contribution in [3.63, 3.8) is 0 Å². The topological polar surface area (TPSA) is 105 Å². The number of H-pyrrole nitrogens is 1. The molecular formula is C21H25N5O2. The molecule has 0 fully saturated rings. The molecule has 1 aromatic heterocycles. The SMILES string of the molecule is CN=C(NCCc1c[nH]c2ccccc12)NCc1cccc(OCC(N)=O)c1. The zero-order valence-corrected chi connectivity index (χ0v) is 15.9. The van der Waals surface area contributed by atoms with Crippen molar-refractivity contribution in [3.8, 4) is 5.75 Å². The molecule has 2 aromatic carbocycles. The minimum absolute atomic E-state index is 0.131. The number of ether oxygens (including phenoxy) is 1. The maximum Gasteiger partial charge on any atom is 0.255 e. The third kappa shape index (κ3) is 5.26. The molecule has 0 radical (unpaired) electrons. The normalized spacial score (nSPS) is 11.4. The van der Waals surface area contributed by atoms with E-state index in [1.54, 1.807) is 13.1 Å². The minimum Gasteiger partial charge on any atom is -0.484 e. The number of carbonyl (C=O) groups excluding carboxylic acids is 1. The van der Waals surface area contributed by atoms with E-state index in [0.717, 1.165) is 30.0 Å². The van der Waals surface area contributed by atoms with Crippen LogP contribution in [0.4, 0.5) is 0 Å². The van der Waals surface area contributed by atoms with Crippen molar-refractivity contribution < 1.29 is 9.53 Å². The summed E-state index contributed by atoms with van der Waals surface area (Å²) in [5, 5.41) is 7.86. The van der Waals surface area contributed by atoms with Crippen LogP contribution in [-0.2, 0) is 17.8 Å². The summed E-state index contributed by atoms with van der Waals surface area (Å²) in [6.07, 6.45) is 2.95. The molecule has 0 aliphatic carbocycles. The summed E-state index contributed by atoms with van der Waals surface area (Å²) in [5.74, 6) is 0.840. The molecule has 0 saturated carbocycles. The van der Waals surface area contributed by atoms with E-state index in [4.69, 9.17) is 10.5 Å². The largest absolute Gasteiger partial charge is 0.484 e. The third-order valence-corrected chi connectivity index (χ3v) is 4.32. The quantitative estimate of drug-likeness (QED) is 0.355. The van der Waals surface area contributed by atoms with E-state index < -0.39 is 5.91 Å². The molecule has 28 heavy (non-hydrogen) atoms. The highest BCUT2D eigenvalue weighted by Gasteiger charge is 2.04. The Kier molecular flexibility index (Phi) is 6.51. The Morgan fingerprint density at radius 1 is 1.18 bits per heavy atom. The van der Waals surface area contributed by atoms with Crippen LogP contribution in [0.2, 0.25) is 0 Å². The number of rotatable bonds is 8. The highest BCUT2D eigenvalue weighted by Crippen LogP contribution is 2.17. The first kappa shape index (κ1) is 19.3. The number of nitrogens with one attached hydrogen (secondary N) is 3. The van der Waals surface area contributed by atoms with Gasteiger partial charge in [0.1, 0.15) is 5.75 Å². The second-order valence-corrected chi connectivity index (χ2v) is 6.36. The van der Waals surface area contributed by atoms with E-state index in [1.807, 2.05) is 24.3 Å². The molecular weight excluding hydrogens is 354 g/mol. The van der Waals surface area contributed by atoms with Gasteiger partial charge in [0.15, 0.2) is 12.6 Å². The number of nitrogens with zero attached hydrogens (tertiary/aromatic N) is 1. The summed E-state index contributed by atoms with van der Waals surface area (Å²) < 4.78 is 5.33. The summed E-state index contributed by atoms with van der Waals surface area (Å²) in [4.78, 5) is 18.4. The van der Waals surface area contributed by atoms with Crippen LogP contribution < -0.4 is 21.1 Å². The number of hydrogen-bond acceptors (Lipinski definition) is 3. The number of amides is 1. The highest BCUT2D eigenvalue weighted by molar-refractivity contribution is 5.83. The second kappa shape index (κ2) is 9.45. The molecule has 146 valence electrons. The molecule has 0 aliphatic rings. The van der Waals surface area contributed by atoms with Crippen molar-refractivity contribution >= 4 is 22.8 Å². The predicted molar refractivity (Wildman–Crippen MR) is 111 cm³/mol. The van der Waals surface area contributed by atoms with Gasteiger partial charge in [-0.3, -0.25) is 9.79 Å². The molecule has 1 heterocycles. The zero-order valence-electron chi connectivity index (χ0n) is 15.9. The van der Waals surface area contributed by atoms with Crippen LogP contribution in [0.3, 0.4) is 0 Å². The number of hydrogen-bond donors (Lipinski definition) is 4. The molecule has 7 nitrogen and oxygen atoms in total. The van der Waals surface area contributed by atoms with Crippen molar-refractivity contribution in [3.05, 3.63) is 65.9 Å². The number of para-hydroxylation sites is 1. The van der Waals surface area contributed by atoms with Crippen molar-refractivity contribution in [1.82, 2.24) is 15.6 Å². The molecule has 0 atom stereocenters. The molecule has 0 saturated heterocycles. The predicted octanol–water partition coefficient (Wildman–Crippen LogP) is 1.94. The van der Waals surface area contributed by atoms with Crippen LogP contribution in [0.5, 0.6) is 5.75 Å². The van der Waals surface area contributed by atoms with Gasteiger partial charge < -0.3 is 26.1 Å². The lowest BCUT2D eigenvalue weighted by molar-refractivity contribution is -0.119. The maximum absolute atomic E-state index is 10.8. The number of primary amides is 1. The lowest BCUT2D eigenvalue weighted by Gasteiger charge is -2.12. The van der Waals surface area contributed by atoms with E-state index in [-0.39, 0.29) is 6.61 Å². The monoisotopic (exact) mass is 379 g/mol. The van der Waals surface area contributed by atoms with Gasteiger partial charge in [0.25, 0.3) is 5.91 Å². The van der Waals surface area contributed by atoms with Gasteiger partial charge in [-0.2, -0.15) is 0 Å². The molecule has 1 amide bonds. The summed E-state index contributed by atoms with van der Waals surface area (Å²) in [6, 6.07) is 15.8. The fourth-order valence-corrected chi connectivity index (χ4v) is 2.96. The van der Waals surface area contributed by atoms with Gasteiger partial charge in [-0.1, -0.05) is 30.3 Å². The smallest absolute Gasteiger partial charge is 0.255 e. The van der Waals surface area contributed by atoms with Crippen LogP contribution in [0.25, 0.3) is 10.9 Å². The van der Waals surface area contributed by atoms with Crippen LogP contribution in [0, 0.1) is 0 Å². The van der Waals surface area contributed by atoms with Gasteiger partial charge in [-0.25, -0.2) is 0 Å². The third-order valence-electron chi connectivity index (χ3n) is 4.32. The Hall–Kier alpha value is -3.48. The van der Waals surface area contributed by atoms with Crippen molar-refractivity contribution in [1.29, 1.82) is 0 Å². The second-order valence-electron chi connectivity index (χ2n) is 6.36. The number of carbonyl (C=O) groups is 1. The Bertz CT molecular complexity index is 964. The van der Waals surface area contributed by atoms with Crippen molar-refractivity contribution in [2.45, 2.75) is 13.0 Å². The molecule has 0 spiro atoms. The first-order valence-electron chi connectivity index (χ1n) is 9.15. The van der Waals surface area contributed by atoms with Gasteiger partial charge in [0, 0.05) is 37.2 Å². The Morgan fingerprint density at radius 2 is 2.04 bits per heavy atom. The number of aromatic nitrogens is 1. The first-order valence-corrected chi connectivity index (χ1v) is 9.15. The first-order chi connectivity index (χ1) is 13.7. The zero-order chi connectivity index (χ0) is 19.8. The van der Waals surface area contributed by atoms with Gasteiger partial charge in [-0.05, 0) is 35.7 Å². The molecule has 5 N–H and O–H groups in total. The van der Waals surface area contributed by atoms with Crippen molar-refractivity contribution in [2.24, 2.45) is 10.7 Å². The molecule has 0 aliphatic heterocycles. The lowest BCUT2D eigenvalue weighted by atomic mass is 10.1. The van der Waals surface area contributed by atoms with Crippen LogP contribution in [-0.4, -0.2) is 37.1 Å². The van der Waals surface area contributed by atoms with E-state index in [2.05, 4.69) is 45.0 Å². The number of nitrogens with two attached hydrogens (primary N) is 1. The van der Waals surface area contributed by atoms with E-state index in [9.17, 15) is 4.79 Å². The Morgan fingerprint density at radius 3 is 2.86 bits per heavy atom. The number of fused-ring (bicyclic) bond motifs is 1. The van der Waals surface area contributed by atoms with Crippen LogP contribution in [0.15, 0.2) is 59.7 Å². The average molecular weight is 379 g/mol. The number of aliphatic imine (C=N–C) groups is 1. The molecule has 0 unspecified atom stereocenters.